The van der Waals surface area contributed by atoms with Gasteiger partial charge in [-0.05, 0) is 75.6 Å². The van der Waals surface area contributed by atoms with Crippen LogP contribution in [0.1, 0.15) is 41.7 Å². The van der Waals surface area contributed by atoms with Crippen molar-refractivity contribution in [2.24, 2.45) is 0 Å². The van der Waals surface area contributed by atoms with Gasteiger partial charge in [0.05, 0.1) is 10.6 Å². The highest BCUT2D eigenvalue weighted by molar-refractivity contribution is 7.92. The Bertz CT molecular complexity index is 1690. The van der Waals surface area contributed by atoms with Gasteiger partial charge in [0.1, 0.15) is 12.6 Å². The van der Waals surface area contributed by atoms with E-state index in [9.17, 15) is 18.0 Å². The lowest BCUT2D eigenvalue weighted by Crippen LogP contribution is -2.54. The van der Waals surface area contributed by atoms with Crippen molar-refractivity contribution in [1.82, 2.24) is 10.2 Å². The Hall–Kier alpha value is -4.43. The fraction of sp³-hybridized carbons (Fsp3) is 0.278. The third-order valence-electron chi connectivity index (χ3n) is 7.31. The minimum Gasteiger partial charge on any atom is -0.352 e. The van der Waals surface area contributed by atoms with Crippen LogP contribution in [0.25, 0.3) is 0 Å². The molecule has 1 N–H and O–H groups in total. The molecule has 0 unspecified atom stereocenters. The predicted octanol–water partition coefficient (Wildman–Crippen LogP) is 5.97. The topological polar surface area (TPSA) is 86.8 Å². The minimum atomic E-state index is -4.13. The molecule has 0 saturated heterocycles. The molecule has 1 atom stereocenters. The van der Waals surface area contributed by atoms with E-state index in [2.05, 4.69) is 5.32 Å². The second-order valence-electron chi connectivity index (χ2n) is 11.5. The summed E-state index contributed by atoms with van der Waals surface area (Å²) in [5.74, 6) is -0.781. The highest BCUT2D eigenvalue weighted by Crippen LogP contribution is 2.26. The van der Waals surface area contributed by atoms with Crippen molar-refractivity contribution in [2.45, 2.75) is 64.6 Å². The van der Waals surface area contributed by atoms with Gasteiger partial charge in [-0.25, -0.2) is 8.42 Å². The standard InChI is InChI=1S/C36H41N3O4S/c1-26(2)37-36(41)34(23-30-13-7-6-8-14-30)38(24-31-15-9-11-28(4)21-31)35(40)25-39(32-16-10-12-29(5)22-32)44(42,43)33-19-17-27(3)18-20-33/h6-22,26,34H,23-25H2,1-5H3,(H,37,41)/t34-/m0/s1. The largest absolute Gasteiger partial charge is 0.352 e. The van der Waals surface area contributed by atoms with E-state index in [-0.39, 0.29) is 29.8 Å². The van der Waals surface area contributed by atoms with Gasteiger partial charge in [-0.2, -0.15) is 0 Å². The monoisotopic (exact) mass is 611 g/mol. The molecule has 7 nitrogen and oxygen atoms in total. The summed E-state index contributed by atoms with van der Waals surface area (Å²) in [5.41, 5.74) is 4.91. The zero-order valence-corrected chi connectivity index (χ0v) is 26.8. The number of hydrogen-bond acceptors (Lipinski definition) is 4. The molecular formula is C36H41N3O4S. The van der Waals surface area contributed by atoms with Crippen LogP contribution in [0.3, 0.4) is 0 Å². The molecule has 0 fully saturated rings. The van der Waals surface area contributed by atoms with Gasteiger partial charge in [0.25, 0.3) is 10.0 Å². The summed E-state index contributed by atoms with van der Waals surface area (Å²) in [4.78, 5) is 29.9. The molecule has 0 bridgehead atoms. The van der Waals surface area contributed by atoms with Gasteiger partial charge >= 0.3 is 0 Å². The summed E-state index contributed by atoms with van der Waals surface area (Å²) >= 11 is 0. The predicted molar refractivity (Wildman–Crippen MR) is 176 cm³/mol. The zero-order chi connectivity index (χ0) is 31.9. The first kappa shape index (κ1) is 32.5. The Labute approximate surface area is 261 Å². The van der Waals surface area contributed by atoms with Crippen molar-refractivity contribution >= 4 is 27.5 Å². The van der Waals surface area contributed by atoms with E-state index in [1.165, 1.54) is 4.90 Å². The van der Waals surface area contributed by atoms with E-state index >= 15 is 0 Å². The lowest BCUT2D eigenvalue weighted by Gasteiger charge is -2.34. The molecular weight excluding hydrogens is 570 g/mol. The SMILES string of the molecule is Cc1ccc(S(=O)(=O)N(CC(=O)N(Cc2cccc(C)c2)[C@@H](Cc2ccccc2)C(=O)NC(C)C)c2cccc(C)c2)cc1. The molecule has 0 heterocycles. The van der Waals surface area contributed by atoms with Crippen LogP contribution < -0.4 is 9.62 Å². The number of sulfonamides is 1. The Morgan fingerprint density at radius 3 is 1.95 bits per heavy atom. The smallest absolute Gasteiger partial charge is 0.264 e. The Morgan fingerprint density at radius 1 is 0.727 bits per heavy atom. The number of benzene rings is 4. The highest BCUT2D eigenvalue weighted by atomic mass is 32.2. The molecule has 4 rings (SSSR count). The second kappa shape index (κ2) is 14.4. The first-order valence-corrected chi connectivity index (χ1v) is 16.2. The first-order chi connectivity index (χ1) is 20.9. The lowest BCUT2D eigenvalue weighted by atomic mass is 10.0. The normalized spacial score (nSPS) is 12.0. The molecule has 0 spiro atoms. The zero-order valence-electron chi connectivity index (χ0n) is 26.0. The molecule has 0 saturated carbocycles. The van der Waals surface area contributed by atoms with Crippen LogP contribution in [-0.2, 0) is 32.6 Å². The number of nitrogens with one attached hydrogen (secondary N) is 1. The van der Waals surface area contributed by atoms with Crippen LogP contribution >= 0.6 is 0 Å². The van der Waals surface area contributed by atoms with Crippen molar-refractivity contribution < 1.29 is 18.0 Å². The van der Waals surface area contributed by atoms with E-state index in [0.717, 1.165) is 32.1 Å². The van der Waals surface area contributed by atoms with Gasteiger partial charge in [-0.1, -0.05) is 90.0 Å². The number of anilines is 1. The summed E-state index contributed by atoms with van der Waals surface area (Å²) in [6, 6.07) is 29.9. The molecule has 0 aliphatic rings. The third kappa shape index (κ3) is 8.35. The van der Waals surface area contributed by atoms with Crippen LogP contribution in [0.2, 0.25) is 0 Å². The van der Waals surface area contributed by atoms with Gasteiger partial charge in [-0.3, -0.25) is 13.9 Å². The number of aryl methyl sites for hydroxylation is 3. The average molecular weight is 612 g/mol. The van der Waals surface area contributed by atoms with Crippen molar-refractivity contribution in [2.75, 3.05) is 10.8 Å². The number of carbonyl (C=O) groups excluding carboxylic acids is 2. The van der Waals surface area contributed by atoms with Crippen molar-refractivity contribution in [3.63, 3.8) is 0 Å². The molecule has 4 aromatic rings. The van der Waals surface area contributed by atoms with Crippen LogP contribution in [-0.4, -0.2) is 43.8 Å². The van der Waals surface area contributed by atoms with E-state index < -0.39 is 28.5 Å². The summed E-state index contributed by atoms with van der Waals surface area (Å²) in [7, 11) is -4.13. The lowest BCUT2D eigenvalue weighted by molar-refractivity contribution is -0.140. The number of amides is 2. The minimum absolute atomic E-state index is 0.0843. The van der Waals surface area contributed by atoms with Gasteiger partial charge in [0, 0.05) is 19.0 Å². The molecule has 230 valence electrons. The number of rotatable bonds is 12. The first-order valence-electron chi connectivity index (χ1n) is 14.8. The molecule has 2 amide bonds. The van der Waals surface area contributed by atoms with E-state index in [4.69, 9.17) is 0 Å². The maximum Gasteiger partial charge on any atom is 0.264 e. The van der Waals surface area contributed by atoms with E-state index in [1.807, 2.05) is 95.3 Å². The van der Waals surface area contributed by atoms with Crippen LogP contribution in [0.15, 0.2) is 108 Å². The second-order valence-corrected chi connectivity index (χ2v) is 13.4. The highest BCUT2D eigenvalue weighted by Gasteiger charge is 2.34. The molecule has 0 aliphatic carbocycles. The number of carbonyl (C=O) groups is 2. The van der Waals surface area contributed by atoms with Gasteiger partial charge < -0.3 is 10.2 Å². The summed E-state index contributed by atoms with van der Waals surface area (Å²) in [6.45, 7) is 9.13. The molecule has 0 radical (unpaired) electrons. The molecule has 0 aliphatic heterocycles. The van der Waals surface area contributed by atoms with E-state index in [0.29, 0.717) is 5.69 Å². The summed E-state index contributed by atoms with van der Waals surface area (Å²) in [5, 5.41) is 2.98. The molecule has 0 aromatic heterocycles. The molecule has 8 heteroatoms. The maximum atomic E-state index is 14.5. The third-order valence-corrected chi connectivity index (χ3v) is 9.10. The van der Waals surface area contributed by atoms with Gasteiger partial charge in [0.2, 0.25) is 11.8 Å². The quantitative estimate of drug-likeness (QED) is 0.214. The van der Waals surface area contributed by atoms with Crippen molar-refractivity contribution in [3.8, 4) is 0 Å². The number of hydrogen-bond donors (Lipinski definition) is 1. The van der Waals surface area contributed by atoms with Crippen molar-refractivity contribution in [3.05, 3.63) is 131 Å². The summed E-state index contributed by atoms with van der Waals surface area (Å²) in [6.07, 6.45) is 0.270. The van der Waals surface area contributed by atoms with Crippen molar-refractivity contribution in [1.29, 1.82) is 0 Å². The molecule has 4 aromatic carbocycles. The van der Waals surface area contributed by atoms with Crippen LogP contribution in [0, 0.1) is 20.8 Å². The van der Waals surface area contributed by atoms with E-state index in [1.54, 1.807) is 42.5 Å². The van der Waals surface area contributed by atoms with Gasteiger partial charge in [0.15, 0.2) is 0 Å². The Morgan fingerprint density at radius 2 is 1.34 bits per heavy atom. The van der Waals surface area contributed by atoms with Crippen LogP contribution in [0.4, 0.5) is 5.69 Å². The fourth-order valence-electron chi connectivity index (χ4n) is 5.09. The average Bonchev–Trinajstić information content (AvgIpc) is 2.98. The fourth-order valence-corrected chi connectivity index (χ4v) is 6.50. The van der Waals surface area contributed by atoms with Crippen LogP contribution in [0.5, 0.6) is 0 Å². The number of nitrogens with zero attached hydrogens (tertiary/aromatic N) is 2. The maximum absolute atomic E-state index is 14.5. The Kier molecular flexibility index (Phi) is 10.6. The summed E-state index contributed by atoms with van der Waals surface area (Å²) < 4.78 is 29.4. The Balaban J connectivity index is 1.81. The van der Waals surface area contributed by atoms with Gasteiger partial charge in [-0.15, -0.1) is 0 Å². The molecule has 44 heavy (non-hydrogen) atoms.